The van der Waals surface area contributed by atoms with Crippen LogP contribution in [0.15, 0.2) is 23.1 Å². The quantitative estimate of drug-likeness (QED) is 0.656. The molecule has 0 aliphatic rings. The van der Waals surface area contributed by atoms with E-state index in [1.807, 2.05) is 18.2 Å². The second-order valence-electron chi connectivity index (χ2n) is 6.73. The SMILES string of the molecule is CC(C)(C)CSc1cccc(C(C)(C)C)c1[O]. The maximum atomic E-state index is 12.3. The molecule has 1 aromatic rings. The summed E-state index contributed by atoms with van der Waals surface area (Å²) in [5.41, 5.74) is 1.08. The molecule has 0 N–H and O–H groups in total. The van der Waals surface area contributed by atoms with Crippen molar-refractivity contribution in [2.45, 2.75) is 51.9 Å². The van der Waals surface area contributed by atoms with E-state index in [1.54, 1.807) is 11.8 Å². The summed E-state index contributed by atoms with van der Waals surface area (Å²) in [4.78, 5) is 0.882. The highest BCUT2D eigenvalue weighted by Crippen LogP contribution is 2.39. The van der Waals surface area contributed by atoms with E-state index in [-0.39, 0.29) is 16.6 Å². The largest absolute Gasteiger partial charge is 0.288 e. The Labute approximate surface area is 110 Å². The third-order valence-corrected chi connectivity index (χ3v) is 4.09. The Morgan fingerprint density at radius 1 is 1.06 bits per heavy atom. The van der Waals surface area contributed by atoms with Crippen molar-refractivity contribution in [1.82, 2.24) is 0 Å². The zero-order valence-electron chi connectivity index (χ0n) is 11.8. The first-order valence-electron chi connectivity index (χ1n) is 6.04. The summed E-state index contributed by atoms with van der Waals surface area (Å²) in [6.07, 6.45) is 0. The molecule has 2 heteroatoms. The molecule has 0 unspecified atom stereocenters. The molecule has 17 heavy (non-hydrogen) atoms. The van der Waals surface area contributed by atoms with Crippen LogP contribution in [0.3, 0.4) is 0 Å². The molecule has 0 saturated carbocycles. The van der Waals surface area contributed by atoms with Gasteiger partial charge in [-0.1, -0.05) is 53.7 Å². The number of rotatable bonds is 2. The Bertz CT molecular complexity index is 383. The van der Waals surface area contributed by atoms with Gasteiger partial charge in [-0.2, -0.15) is 0 Å². The molecule has 0 atom stereocenters. The van der Waals surface area contributed by atoms with Crippen molar-refractivity contribution in [2.75, 3.05) is 5.75 Å². The molecular formula is C15H23OS. The molecule has 95 valence electrons. The maximum Gasteiger partial charge on any atom is 0.195 e. The van der Waals surface area contributed by atoms with Crippen LogP contribution in [-0.4, -0.2) is 5.75 Å². The lowest BCUT2D eigenvalue weighted by atomic mass is 9.86. The van der Waals surface area contributed by atoms with Crippen LogP contribution in [0.4, 0.5) is 0 Å². The van der Waals surface area contributed by atoms with Crippen molar-refractivity contribution < 1.29 is 5.11 Å². The van der Waals surface area contributed by atoms with Crippen LogP contribution in [0, 0.1) is 5.41 Å². The van der Waals surface area contributed by atoms with Gasteiger partial charge in [0.2, 0.25) is 0 Å². The fourth-order valence-corrected chi connectivity index (χ4v) is 2.52. The summed E-state index contributed by atoms with van der Waals surface area (Å²) in [5.74, 6) is 1.17. The van der Waals surface area contributed by atoms with Gasteiger partial charge in [-0.05, 0) is 16.9 Å². The van der Waals surface area contributed by atoms with Gasteiger partial charge in [0.15, 0.2) is 5.75 Å². The van der Waals surface area contributed by atoms with Gasteiger partial charge in [0.1, 0.15) is 0 Å². The minimum Gasteiger partial charge on any atom is -0.288 e. The van der Waals surface area contributed by atoms with Crippen molar-refractivity contribution in [3.8, 4) is 5.75 Å². The van der Waals surface area contributed by atoms with Gasteiger partial charge in [-0.15, -0.1) is 11.8 Å². The van der Waals surface area contributed by atoms with Crippen molar-refractivity contribution >= 4 is 11.8 Å². The Morgan fingerprint density at radius 2 is 1.65 bits per heavy atom. The van der Waals surface area contributed by atoms with Crippen LogP contribution < -0.4 is 0 Å². The lowest BCUT2D eigenvalue weighted by Crippen LogP contribution is -2.11. The summed E-state index contributed by atoms with van der Waals surface area (Å²) in [5, 5.41) is 12.3. The van der Waals surface area contributed by atoms with Gasteiger partial charge in [0, 0.05) is 11.3 Å². The summed E-state index contributed by atoms with van der Waals surface area (Å²) < 4.78 is 0. The molecular weight excluding hydrogens is 228 g/mol. The highest BCUT2D eigenvalue weighted by molar-refractivity contribution is 7.99. The third kappa shape index (κ3) is 4.27. The second-order valence-corrected chi connectivity index (χ2v) is 7.75. The lowest BCUT2D eigenvalue weighted by molar-refractivity contribution is 0.330. The van der Waals surface area contributed by atoms with Gasteiger partial charge in [-0.3, -0.25) is 5.11 Å². The van der Waals surface area contributed by atoms with Gasteiger partial charge in [-0.25, -0.2) is 0 Å². The van der Waals surface area contributed by atoms with Crippen LogP contribution in [0.1, 0.15) is 47.1 Å². The third-order valence-electron chi connectivity index (χ3n) is 2.45. The first-order valence-corrected chi connectivity index (χ1v) is 7.03. The molecule has 0 aromatic heterocycles. The first-order chi connectivity index (χ1) is 7.61. The van der Waals surface area contributed by atoms with Gasteiger partial charge >= 0.3 is 0 Å². The zero-order valence-corrected chi connectivity index (χ0v) is 12.6. The van der Waals surface area contributed by atoms with Gasteiger partial charge < -0.3 is 0 Å². The van der Waals surface area contributed by atoms with Gasteiger partial charge in [0.05, 0.1) is 4.90 Å². The number of para-hydroxylation sites is 1. The monoisotopic (exact) mass is 251 g/mol. The maximum absolute atomic E-state index is 12.3. The molecule has 0 aliphatic heterocycles. The normalized spacial score (nSPS) is 12.8. The van der Waals surface area contributed by atoms with Crippen molar-refractivity contribution in [1.29, 1.82) is 0 Å². The molecule has 1 rings (SSSR count). The first kappa shape index (κ1) is 14.4. The van der Waals surface area contributed by atoms with Crippen LogP contribution in [-0.2, 0) is 10.5 Å². The Kier molecular flexibility index (Phi) is 4.19. The van der Waals surface area contributed by atoms with E-state index in [0.717, 1.165) is 16.2 Å². The average molecular weight is 251 g/mol. The number of hydrogen-bond donors (Lipinski definition) is 0. The van der Waals surface area contributed by atoms with Crippen LogP contribution in [0.5, 0.6) is 5.75 Å². The minimum atomic E-state index is -0.0740. The van der Waals surface area contributed by atoms with Gasteiger partial charge in [0.25, 0.3) is 0 Å². The Balaban J connectivity index is 2.96. The van der Waals surface area contributed by atoms with Crippen molar-refractivity contribution in [3.05, 3.63) is 23.8 Å². The van der Waals surface area contributed by atoms with E-state index < -0.39 is 0 Å². The molecule has 1 radical (unpaired) electrons. The summed E-state index contributed by atoms with van der Waals surface area (Å²) in [6.45, 7) is 12.8. The molecule has 0 spiro atoms. The molecule has 0 amide bonds. The van der Waals surface area contributed by atoms with Crippen molar-refractivity contribution in [3.63, 3.8) is 0 Å². The summed E-state index contributed by atoms with van der Waals surface area (Å²) in [6, 6.07) is 5.88. The Morgan fingerprint density at radius 3 is 2.12 bits per heavy atom. The lowest BCUT2D eigenvalue weighted by Gasteiger charge is -2.22. The predicted molar refractivity (Wildman–Crippen MR) is 75.5 cm³/mol. The standard InChI is InChI=1S/C15H23OS/c1-14(2,3)10-17-12-9-7-8-11(13(12)16)15(4,5)6/h7-9H,10H2,1-6H3. The van der Waals surface area contributed by atoms with Crippen LogP contribution in [0.25, 0.3) is 0 Å². The molecule has 0 heterocycles. The predicted octanol–water partition coefficient (Wildman–Crippen LogP) is 5.27. The summed E-state index contributed by atoms with van der Waals surface area (Å²) >= 11 is 1.67. The second kappa shape index (κ2) is 4.93. The van der Waals surface area contributed by atoms with E-state index in [9.17, 15) is 5.11 Å². The van der Waals surface area contributed by atoms with Crippen LogP contribution >= 0.6 is 11.8 Å². The average Bonchev–Trinajstić information content (AvgIpc) is 2.13. The van der Waals surface area contributed by atoms with E-state index in [4.69, 9.17) is 0 Å². The smallest absolute Gasteiger partial charge is 0.195 e. The highest BCUT2D eigenvalue weighted by atomic mass is 32.2. The molecule has 0 aliphatic carbocycles. The highest BCUT2D eigenvalue weighted by Gasteiger charge is 2.22. The molecule has 0 bridgehead atoms. The minimum absolute atomic E-state index is 0.0740. The number of hydrogen-bond acceptors (Lipinski definition) is 1. The van der Waals surface area contributed by atoms with Crippen molar-refractivity contribution in [2.24, 2.45) is 5.41 Å². The topological polar surface area (TPSA) is 19.9 Å². The summed E-state index contributed by atoms with van der Waals surface area (Å²) in [7, 11) is 0. The molecule has 1 nitrogen and oxygen atoms in total. The Hall–Kier alpha value is -0.630. The van der Waals surface area contributed by atoms with E-state index in [2.05, 4.69) is 41.5 Å². The van der Waals surface area contributed by atoms with E-state index in [0.29, 0.717) is 0 Å². The number of thioether (sulfide) groups is 1. The molecule has 1 aromatic carbocycles. The zero-order chi connectivity index (χ0) is 13.3. The van der Waals surface area contributed by atoms with Crippen LogP contribution in [0.2, 0.25) is 0 Å². The fourth-order valence-electron chi connectivity index (χ4n) is 1.51. The molecule has 0 saturated heterocycles. The van der Waals surface area contributed by atoms with E-state index in [1.165, 1.54) is 0 Å². The molecule has 0 fully saturated rings. The number of benzene rings is 1. The fraction of sp³-hybridized carbons (Fsp3) is 0.600. The van der Waals surface area contributed by atoms with E-state index >= 15 is 0 Å².